The quantitative estimate of drug-likeness (QED) is 0.860. The van der Waals surface area contributed by atoms with Gasteiger partial charge in [0.2, 0.25) is 10.0 Å². The molecule has 0 radical (unpaired) electrons. The summed E-state index contributed by atoms with van der Waals surface area (Å²) in [4.78, 5) is 3.86. The number of sulfonamides is 1. The Morgan fingerprint density at radius 1 is 1.61 bits per heavy atom. The van der Waals surface area contributed by atoms with E-state index >= 15 is 0 Å². The summed E-state index contributed by atoms with van der Waals surface area (Å²) in [5.41, 5.74) is 5.60. The van der Waals surface area contributed by atoms with Crippen molar-refractivity contribution in [2.24, 2.45) is 0 Å². The van der Waals surface area contributed by atoms with Gasteiger partial charge in [-0.15, -0.1) is 0 Å². The molecule has 3 N–H and O–H groups in total. The second kappa shape index (κ2) is 5.77. The number of pyridine rings is 1. The summed E-state index contributed by atoms with van der Waals surface area (Å²) in [5, 5.41) is 0.362. The number of rotatable bonds is 4. The van der Waals surface area contributed by atoms with Gasteiger partial charge in [-0.25, -0.2) is 18.1 Å². The first-order valence-electron chi connectivity index (χ1n) is 5.51. The molecule has 1 unspecified atom stereocenters. The fourth-order valence-corrected chi connectivity index (χ4v) is 4.71. The zero-order chi connectivity index (χ0) is 13.2. The Bertz CT molecular complexity index is 530. The molecule has 2 heterocycles. The number of aromatic nitrogens is 1. The number of anilines is 1. The molecule has 1 aliphatic heterocycles. The lowest BCUT2D eigenvalue weighted by molar-refractivity contribution is 0.579. The van der Waals surface area contributed by atoms with Gasteiger partial charge >= 0.3 is 0 Å². The zero-order valence-corrected chi connectivity index (χ0v) is 12.8. The normalized spacial score (nSPS) is 20.2. The van der Waals surface area contributed by atoms with E-state index in [9.17, 15) is 8.42 Å². The van der Waals surface area contributed by atoms with Gasteiger partial charge in [0.1, 0.15) is 10.7 Å². The Labute approximate surface area is 119 Å². The average Bonchev–Trinajstić information content (AvgIpc) is 2.83. The molecule has 0 saturated carbocycles. The number of hydrogen-bond acceptors (Lipinski definition) is 5. The summed E-state index contributed by atoms with van der Waals surface area (Å²) < 4.78 is 27.4. The van der Waals surface area contributed by atoms with Crippen molar-refractivity contribution < 1.29 is 8.42 Å². The molecule has 2 rings (SSSR count). The Balaban J connectivity index is 2.12. The summed E-state index contributed by atoms with van der Waals surface area (Å²) in [5.74, 6) is 1.12. The molecule has 1 fully saturated rings. The highest BCUT2D eigenvalue weighted by Gasteiger charge is 2.22. The van der Waals surface area contributed by atoms with Gasteiger partial charge in [0.15, 0.2) is 0 Å². The van der Waals surface area contributed by atoms with Crippen molar-refractivity contribution in [2.75, 3.05) is 18.0 Å². The molecule has 0 amide bonds. The van der Waals surface area contributed by atoms with E-state index in [1.54, 1.807) is 11.8 Å². The van der Waals surface area contributed by atoms with Crippen LogP contribution in [0.15, 0.2) is 21.6 Å². The van der Waals surface area contributed by atoms with Crippen LogP contribution in [0.25, 0.3) is 0 Å². The van der Waals surface area contributed by atoms with E-state index in [0.717, 1.165) is 18.6 Å². The van der Waals surface area contributed by atoms with Gasteiger partial charge in [-0.2, -0.15) is 11.8 Å². The van der Waals surface area contributed by atoms with Crippen LogP contribution in [0.3, 0.4) is 0 Å². The SMILES string of the molecule is Nc1ncc(Br)cc1S(=O)(=O)NCC1CCCS1. The van der Waals surface area contributed by atoms with Crippen molar-refractivity contribution in [3.05, 3.63) is 16.7 Å². The fourth-order valence-electron chi connectivity index (χ4n) is 1.73. The molecular weight excluding hydrogens is 338 g/mol. The number of halogens is 1. The van der Waals surface area contributed by atoms with Crippen LogP contribution in [0.1, 0.15) is 12.8 Å². The van der Waals surface area contributed by atoms with Crippen molar-refractivity contribution in [1.82, 2.24) is 9.71 Å². The fraction of sp³-hybridized carbons (Fsp3) is 0.500. The van der Waals surface area contributed by atoms with Crippen molar-refractivity contribution in [3.8, 4) is 0 Å². The molecule has 1 aliphatic rings. The highest BCUT2D eigenvalue weighted by atomic mass is 79.9. The predicted octanol–water partition coefficient (Wildman–Crippen LogP) is 1.60. The number of nitrogens with two attached hydrogens (primary N) is 1. The smallest absolute Gasteiger partial charge is 0.244 e. The van der Waals surface area contributed by atoms with E-state index in [1.807, 2.05) is 0 Å². The van der Waals surface area contributed by atoms with Crippen LogP contribution in [0.5, 0.6) is 0 Å². The highest BCUT2D eigenvalue weighted by Crippen LogP contribution is 2.26. The first kappa shape index (κ1) is 14.1. The average molecular weight is 352 g/mol. The second-order valence-electron chi connectivity index (χ2n) is 4.02. The molecule has 18 heavy (non-hydrogen) atoms. The Kier molecular flexibility index (Phi) is 4.52. The number of nitrogen functional groups attached to an aromatic ring is 1. The minimum Gasteiger partial charge on any atom is -0.383 e. The number of nitrogens with one attached hydrogen (secondary N) is 1. The summed E-state index contributed by atoms with van der Waals surface area (Å²) in [6, 6.07) is 1.46. The molecule has 1 aromatic heterocycles. The van der Waals surface area contributed by atoms with Gasteiger partial charge in [-0.05, 0) is 40.6 Å². The molecule has 100 valence electrons. The third kappa shape index (κ3) is 3.37. The number of hydrogen-bond donors (Lipinski definition) is 2. The summed E-state index contributed by atoms with van der Waals surface area (Å²) >= 11 is 4.99. The standard InChI is InChI=1S/C10H14BrN3O2S2/c11-7-4-9(10(12)13-5-7)18(15,16)14-6-8-2-1-3-17-8/h4-5,8,14H,1-3,6H2,(H2,12,13). The second-order valence-corrected chi connectivity index (χ2v) is 8.08. The molecule has 8 heteroatoms. The Hall–Kier alpha value is -0.310. The molecule has 5 nitrogen and oxygen atoms in total. The highest BCUT2D eigenvalue weighted by molar-refractivity contribution is 9.10. The van der Waals surface area contributed by atoms with Gasteiger partial charge in [-0.1, -0.05) is 0 Å². The van der Waals surface area contributed by atoms with E-state index < -0.39 is 10.0 Å². The number of thioether (sulfide) groups is 1. The lowest BCUT2D eigenvalue weighted by Gasteiger charge is -2.12. The van der Waals surface area contributed by atoms with E-state index in [1.165, 1.54) is 12.3 Å². The molecule has 0 aromatic carbocycles. The van der Waals surface area contributed by atoms with Crippen LogP contribution in [-0.4, -0.2) is 30.9 Å². The van der Waals surface area contributed by atoms with Gasteiger partial charge in [0.25, 0.3) is 0 Å². The molecule has 0 bridgehead atoms. The first-order chi connectivity index (χ1) is 8.49. The Morgan fingerprint density at radius 3 is 3.06 bits per heavy atom. The van der Waals surface area contributed by atoms with Crippen molar-refractivity contribution in [2.45, 2.75) is 23.0 Å². The van der Waals surface area contributed by atoms with Crippen LogP contribution in [0, 0.1) is 0 Å². The summed E-state index contributed by atoms with van der Waals surface area (Å²) in [6.07, 6.45) is 3.68. The van der Waals surface area contributed by atoms with Crippen molar-refractivity contribution in [3.63, 3.8) is 0 Å². The van der Waals surface area contributed by atoms with Crippen LogP contribution < -0.4 is 10.5 Å². The van der Waals surface area contributed by atoms with Gasteiger partial charge in [0, 0.05) is 22.5 Å². The topological polar surface area (TPSA) is 85.1 Å². The minimum atomic E-state index is -3.58. The number of nitrogens with zero attached hydrogens (tertiary/aromatic N) is 1. The van der Waals surface area contributed by atoms with Gasteiger partial charge < -0.3 is 5.73 Å². The maximum atomic E-state index is 12.1. The lowest BCUT2D eigenvalue weighted by atomic mass is 10.2. The van der Waals surface area contributed by atoms with E-state index in [0.29, 0.717) is 16.3 Å². The maximum Gasteiger partial charge on any atom is 0.244 e. The van der Waals surface area contributed by atoms with Crippen LogP contribution in [0.4, 0.5) is 5.82 Å². The van der Waals surface area contributed by atoms with Gasteiger partial charge in [0.05, 0.1) is 0 Å². The summed E-state index contributed by atoms with van der Waals surface area (Å²) in [6.45, 7) is 0.443. The molecule has 1 atom stereocenters. The molecular formula is C10H14BrN3O2S2. The lowest BCUT2D eigenvalue weighted by Crippen LogP contribution is -2.30. The minimum absolute atomic E-state index is 0.0183. The van der Waals surface area contributed by atoms with Crippen molar-refractivity contribution in [1.29, 1.82) is 0 Å². The van der Waals surface area contributed by atoms with Crippen LogP contribution in [0.2, 0.25) is 0 Å². The third-order valence-electron chi connectivity index (χ3n) is 2.66. The van der Waals surface area contributed by atoms with E-state index in [4.69, 9.17) is 5.73 Å². The largest absolute Gasteiger partial charge is 0.383 e. The predicted molar refractivity (Wildman–Crippen MR) is 77.0 cm³/mol. The van der Waals surface area contributed by atoms with E-state index in [2.05, 4.69) is 25.6 Å². The maximum absolute atomic E-state index is 12.1. The molecule has 1 saturated heterocycles. The van der Waals surface area contributed by atoms with Crippen LogP contribution in [-0.2, 0) is 10.0 Å². The zero-order valence-electron chi connectivity index (χ0n) is 9.60. The monoisotopic (exact) mass is 351 g/mol. The van der Waals surface area contributed by atoms with E-state index in [-0.39, 0.29) is 10.7 Å². The molecule has 0 aliphatic carbocycles. The Morgan fingerprint density at radius 2 is 2.39 bits per heavy atom. The van der Waals surface area contributed by atoms with Crippen LogP contribution >= 0.6 is 27.7 Å². The third-order valence-corrected chi connectivity index (χ3v) is 5.95. The van der Waals surface area contributed by atoms with Gasteiger partial charge in [-0.3, -0.25) is 0 Å². The summed E-state index contributed by atoms with van der Waals surface area (Å²) in [7, 11) is -3.58. The molecule has 0 spiro atoms. The molecule has 1 aromatic rings. The van der Waals surface area contributed by atoms with Crippen molar-refractivity contribution >= 4 is 43.5 Å². The first-order valence-corrected chi connectivity index (χ1v) is 8.84.